The lowest BCUT2D eigenvalue weighted by atomic mass is 10.1. The summed E-state index contributed by atoms with van der Waals surface area (Å²) in [7, 11) is 0. The van der Waals surface area contributed by atoms with Gasteiger partial charge in [-0.1, -0.05) is 52.3 Å². The van der Waals surface area contributed by atoms with Crippen LogP contribution in [0.25, 0.3) is 0 Å². The molecule has 1 N–H and O–H groups in total. The van der Waals surface area contributed by atoms with Gasteiger partial charge in [0.2, 0.25) is 5.91 Å². The normalized spacial score (nSPS) is 15.6. The second-order valence-corrected chi connectivity index (χ2v) is 5.97. The van der Waals surface area contributed by atoms with Crippen LogP contribution in [0.4, 0.5) is 4.79 Å². The Morgan fingerprint density at radius 3 is 2.61 bits per heavy atom. The molecule has 1 aliphatic rings. The molecule has 0 radical (unpaired) electrons. The van der Waals surface area contributed by atoms with E-state index in [0.717, 1.165) is 5.56 Å². The fourth-order valence-corrected chi connectivity index (χ4v) is 2.59. The van der Waals surface area contributed by atoms with Crippen LogP contribution in [0.5, 0.6) is 0 Å². The molecule has 1 fully saturated rings. The summed E-state index contributed by atoms with van der Waals surface area (Å²) in [6, 6.07) is 9.69. The number of alkyl halides is 1. The third kappa shape index (κ3) is 6.06. The molecule has 0 bridgehead atoms. The number of hydrogen-bond donors (Lipinski definition) is 1. The summed E-state index contributed by atoms with van der Waals surface area (Å²) in [4.78, 5) is 25.4. The molecule has 0 aromatic heterocycles. The third-order valence-corrected chi connectivity index (χ3v) is 4.03. The summed E-state index contributed by atoms with van der Waals surface area (Å²) < 4.78 is 5.41. The van der Waals surface area contributed by atoms with Crippen molar-refractivity contribution >= 4 is 27.9 Å². The number of amides is 2. The Hall–Kier alpha value is -1.82. The minimum Gasteiger partial charge on any atom is -0.446 e. The highest BCUT2D eigenvalue weighted by atomic mass is 79.9. The van der Waals surface area contributed by atoms with E-state index in [4.69, 9.17) is 4.74 Å². The SMILES string of the molecule is O=C(NCc1ccccc1)OC1CCN(C(=O)/C=C/CBr)CC1. The van der Waals surface area contributed by atoms with Crippen molar-refractivity contribution < 1.29 is 14.3 Å². The number of allylic oxidation sites excluding steroid dienone is 1. The van der Waals surface area contributed by atoms with Crippen LogP contribution >= 0.6 is 15.9 Å². The number of piperidine rings is 1. The van der Waals surface area contributed by atoms with E-state index in [1.54, 1.807) is 17.1 Å². The predicted octanol–water partition coefficient (Wildman–Crippen LogP) is 2.85. The van der Waals surface area contributed by atoms with Gasteiger partial charge in [0.05, 0.1) is 0 Å². The summed E-state index contributed by atoms with van der Waals surface area (Å²) in [6.07, 6.45) is 4.16. The van der Waals surface area contributed by atoms with E-state index >= 15 is 0 Å². The average molecular weight is 381 g/mol. The lowest BCUT2D eigenvalue weighted by molar-refractivity contribution is -0.127. The second kappa shape index (κ2) is 9.35. The molecule has 2 amide bonds. The first-order chi connectivity index (χ1) is 11.2. The number of alkyl carbamates (subject to hydrolysis) is 1. The molecular formula is C17H21BrN2O3. The third-order valence-electron chi connectivity index (χ3n) is 3.66. The van der Waals surface area contributed by atoms with Crippen molar-refractivity contribution in [2.45, 2.75) is 25.5 Å². The van der Waals surface area contributed by atoms with Crippen molar-refractivity contribution in [1.82, 2.24) is 10.2 Å². The molecule has 1 aromatic carbocycles. The number of rotatable bonds is 5. The minimum absolute atomic E-state index is 0.0106. The molecule has 0 unspecified atom stereocenters. The number of ether oxygens (including phenoxy) is 1. The molecule has 124 valence electrons. The lowest BCUT2D eigenvalue weighted by Crippen LogP contribution is -2.41. The highest BCUT2D eigenvalue weighted by Crippen LogP contribution is 2.14. The van der Waals surface area contributed by atoms with Crippen LogP contribution in [0.1, 0.15) is 18.4 Å². The fourth-order valence-electron chi connectivity index (χ4n) is 2.41. The molecule has 5 nitrogen and oxygen atoms in total. The van der Waals surface area contributed by atoms with E-state index in [2.05, 4.69) is 21.2 Å². The van der Waals surface area contributed by atoms with E-state index in [1.165, 1.54) is 0 Å². The Kier molecular flexibility index (Phi) is 7.13. The molecule has 0 atom stereocenters. The summed E-state index contributed by atoms with van der Waals surface area (Å²) in [5.74, 6) is 0.0106. The van der Waals surface area contributed by atoms with Gasteiger partial charge in [-0.3, -0.25) is 4.79 Å². The predicted molar refractivity (Wildman–Crippen MR) is 92.3 cm³/mol. The van der Waals surface area contributed by atoms with Crippen molar-refractivity contribution in [3.63, 3.8) is 0 Å². The van der Waals surface area contributed by atoms with Gasteiger partial charge in [-0.05, 0) is 11.6 Å². The van der Waals surface area contributed by atoms with Gasteiger partial charge in [0, 0.05) is 37.8 Å². The van der Waals surface area contributed by atoms with Crippen LogP contribution in [-0.2, 0) is 16.1 Å². The average Bonchev–Trinajstić information content (AvgIpc) is 2.59. The largest absolute Gasteiger partial charge is 0.446 e. The number of benzene rings is 1. The van der Waals surface area contributed by atoms with E-state index in [1.807, 2.05) is 30.3 Å². The van der Waals surface area contributed by atoms with Crippen LogP contribution in [0, 0.1) is 0 Å². The second-order valence-electron chi connectivity index (χ2n) is 5.33. The zero-order valence-electron chi connectivity index (χ0n) is 12.9. The van der Waals surface area contributed by atoms with Crippen molar-refractivity contribution in [2.24, 2.45) is 0 Å². The molecule has 2 rings (SSSR count). The van der Waals surface area contributed by atoms with E-state index in [0.29, 0.717) is 37.8 Å². The van der Waals surface area contributed by atoms with Gasteiger partial charge >= 0.3 is 6.09 Å². The number of nitrogens with zero attached hydrogens (tertiary/aromatic N) is 1. The van der Waals surface area contributed by atoms with Crippen molar-refractivity contribution in [3.05, 3.63) is 48.0 Å². The van der Waals surface area contributed by atoms with Crippen molar-refractivity contribution in [3.8, 4) is 0 Å². The first-order valence-electron chi connectivity index (χ1n) is 7.69. The number of hydrogen-bond acceptors (Lipinski definition) is 3. The number of carbonyl (C=O) groups excluding carboxylic acids is 2. The van der Waals surface area contributed by atoms with Gasteiger partial charge in [0.1, 0.15) is 6.10 Å². The smallest absolute Gasteiger partial charge is 0.407 e. The molecule has 0 saturated carbocycles. The molecular weight excluding hydrogens is 360 g/mol. The molecule has 23 heavy (non-hydrogen) atoms. The number of halogens is 1. The van der Waals surface area contributed by atoms with Crippen LogP contribution in [0.2, 0.25) is 0 Å². The highest BCUT2D eigenvalue weighted by Gasteiger charge is 2.24. The van der Waals surface area contributed by atoms with Crippen LogP contribution < -0.4 is 5.32 Å². The maximum atomic E-state index is 11.8. The number of carbonyl (C=O) groups is 2. The fraction of sp³-hybridized carbons (Fsp3) is 0.412. The minimum atomic E-state index is -0.405. The first kappa shape index (κ1) is 17.5. The zero-order valence-corrected chi connectivity index (χ0v) is 14.5. The van der Waals surface area contributed by atoms with Gasteiger partial charge in [0.25, 0.3) is 0 Å². The van der Waals surface area contributed by atoms with Crippen molar-refractivity contribution in [2.75, 3.05) is 18.4 Å². The Labute approximate surface area is 144 Å². The molecule has 6 heteroatoms. The zero-order chi connectivity index (χ0) is 16.5. The quantitative estimate of drug-likeness (QED) is 0.630. The topological polar surface area (TPSA) is 58.6 Å². The molecule has 1 aliphatic heterocycles. The Bertz CT molecular complexity index is 540. The Balaban J connectivity index is 1.68. The Morgan fingerprint density at radius 1 is 1.26 bits per heavy atom. The van der Waals surface area contributed by atoms with Crippen LogP contribution in [-0.4, -0.2) is 41.4 Å². The van der Waals surface area contributed by atoms with Crippen LogP contribution in [0.3, 0.4) is 0 Å². The van der Waals surface area contributed by atoms with E-state index in [9.17, 15) is 9.59 Å². The van der Waals surface area contributed by atoms with Gasteiger partial charge in [-0.15, -0.1) is 0 Å². The van der Waals surface area contributed by atoms with Gasteiger partial charge < -0.3 is 15.0 Å². The maximum Gasteiger partial charge on any atom is 0.407 e. The van der Waals surface area contributed by atoms with Gasteiger partial charge in [-0.25, -0.2) is 4.79 Å². The monoisotopic (exact) mass is 380 g/mol. The van der Waals surface area contributed by atoms with Crippen LogP contribution in [0.15, 0.2) is 42.5 Å². The maximum absolute atomic E-state index is 11.8. The van der Waals surface area contributed by atoms with Gasteiger partial charge in [0.15, 0.2) is 0 Å². The summed E-state index contributed by atoms with van der Waals surface area (Å²) >= 11 is 3.25. The summed E-state index contributed by atoms with van der Waals surface area (Å²) in [5, 5.41) is 3.42. The van der Waals surface area contributed by atoms with Crippen molar-refractivity contribution in [1.29, 1.82) is 0 Å². The molecule has 0 aliphatic carbocycles. The lowest BCUT2D eigenvalue weighted by Gasteiger charge is -2.31. The van der Waals surface area contributed by atoms with Gasteiger partial charge in [-0.2, -0.15) is 0 Å². The summed E-state index contributed by atoms with van der Waals surface area (Å²) in [5.41, 5.74) is 1.03. The Morgan fingerprint density at radius 2 is 1.96 bits per heavy atom. The molecule has 0 spiro atoms. The molecule has 1 heterocycles. The molecule has 1 saturated heterocycles. The van der Waals surface area contributed by atoms with E-state index < -0.39 is 6.09 Å². The summed E-state index contributed by atoms with van der Waals surface area (Å²) in [6.45, 7) is 1.68. The highest BCUT2D eigenvalue weighted by molar-refractivity contribution is 9.09. The standard InChI is InChI=1S/C17H21BrN2O3/c18-10-4-7-16(21)20-11-8-15(9-12-20)23-17(22)19-13-14-5-2-1-3-6-14/h1-7,15H,8-13H2,(H,19,22)/b7-4+. The number of nitrogens with one attached hydrogen (secondary N) is 1. The first-order valence-corrected chi connectivity index (χ1v) is 8.81. The number of likely N-dealkylation sites (tertiary alicyclic amines) is 1. The van der Waals surface area contributed by atoms with E-state index in [-0.39, 0.29) is 12.0 Å². The molecule has 1 aromatic rings.